The van der Waals surface area contributed by atoms with Gasteiger partial charge in [0.25, 0.3) is 0 Å². The van der Waals surface area contributed by atoms with Gasteiger partial charge in [0.05, 0.1) is 12.7 Å². The molecule has 4 nitrogen and oxygen atoms in total. The molecule has 0 bridgehead atoms. The lowest BCUT2D eigenvalue weighted by Gasteiger charge is -2.29. The third-order valence-corrected chi connectivity index (χ3v) is 4.27. The van der Waals surface area contributed by atoms with Gasteiger partial charge < -0.3 is 15.0 Å². The van der Waals surface area contributed by atoms with Crippen molar-refractivity contribution in [3.8, 4) is 0 Å². The van der Waals surface area contributed by atoms with Crippen molar-refractivity contribution in [3.63, 3.8) is 0 Å². The summed E-state index contributed by atoms with van der Waals surface area (Å²) in [7, 11) is 2.07. The maximum Gasteiger partial charge on any atom is 0.136 e. The Morgan fingerprint density at radius 3 is 3.10 bits per heavy atom. The van der Waals surface area contributed by atoms with Gasteiger partial charge in [-0.3, -0.25) is 0 Å². The van der Waals surface area contributed by atoms with E-state index in [0.717, 1.165) is 41.9 Å². The molecule has 1 aliphatic rings. The van der Waals surface area contributed by atoms with Crippen LogP contribution in [-0.4, -0.2) is 44.4 Å². The summed E-state index contributed by atoms with van der Waals surface area (Å²) in [4.78, 5) is 6.72. The molecule has 3 rings (SSSR count). The number of hydrogen-bond acceptors (Lipinski definition) is 4. The van der Waals surface area contributed by atoms with Gasteiger partial charge in [0, 0.05) is 48.1 Å². The predicted octanol–water partition coefficient (Wildman–Crippen LogP) is 2.42. The minimum absolute atomic E-state index is 0.220. The fourth-order valence-corrected chi connectivity index (χ4v) is 3.08. The standard InChI is InChI=1S/C15H18BrN3O/c1-19(10-11-9-17-7-8-20-11)15-13-3-2-4-14(16)12(13)5-6-18-15/h2-6,11,17H,7-10H2,1H3. The van der Waals surface area contributed by atoms with E-state index in [9.17, 15) is 0 Å². The van der Waals surface area contributed by atoms with Crippen LogP contribution in [0.1, 0.15) is 0 Å². The summed E-state index contributed by atoms with van der Waals surface area (Å²) in [6.45, 7) is 3.47. The van der Waals surface area contributed by atoms with Gasteiger partial charge in [0.15, 0.2) is 0 Å². The van der Waals surface area contributed by atoms with E-state index in [4.69, 9.17) is 4.74 Å². The molecule has 2 aromatic rings. The van der Waals surface area contributed by atoms with Crippen molar-refractivity contribution in [2.24, 2.45) is 0 Å². The molecule has 1 unspecified atom stereocenters. The highest BCUT2D eigenvalue weighted by Gasteiger charge is 2.17. The molecule has 0 radical (unpaired) electrons. The Morgan fingerprint density at radius 1 is 1.40 bits per heavy atom. The smallest absolute Gasteiger partial charge is 0.136 e. The van der Waals surface area contributed by atoms with Crippen molar-refractivity contribution in [1.29, 1.82) is 0 Å². The topological polar surface area (TPSA) is 37.4 Å². The van der Waals surface area contributed by atoms with E-state index >= 15 is 0 Å². The molecular weight excluding hydrogens is 318 g/mol. The maximum atomic E-state index is 5.76. The van der Waals surface area contributed by atoms with E-state index in [2.05, 4.69) is 50.3 Å². The van der Waals surface area contributed by atoms with Gasteiger partial charge in [-0.2, -0.15) is 0 Å². The van der Waals surface area contributed by atoms with Crippen LogP contribution >= 0.6 is 15.9 Å². The van der Waals surface area contributed by atoms with Crippen LogP contribution in [0.4, 0.5) is 5.82 Å². The molecule has 2 heterocycles. The van der Waals surface area contributed by atoms with Crippen LogP contribution in [-0.2, 0) is 4.74 Å². The van der Waals surface area contributed by atoms with E-state index in [0.29, 0.717) is 0 Å². The first-order valence-electron chi connectivity index (χ1n) is 6.82. The number of anilines is 1. The number of pyridine rings is 1. The minimum atomic E-state index is 0.220. The number of benzene rings is 1. The minimum Gasteiger partial charge on any atom is -0.374 e. The molecule has 106 valence electrons. The highest BCUT2D eigenvalue weighted by atomic mass is 79.9. The number of fused-ring (bicyclic) bond motifs is 1. The summed E-state index contributed by atoms with van der Waals surface area (Å²) in [5.41, 5.74) is 0. The molecule has 0 saturated carbocycles. The molecule has 1 N–H and O–H groups in total. The van der Waals surface area contributed by atoms with E-state index in [-0.39, 0.29) is 6.10 Å². The van der Waals surface area contributed by atoms with Crippen LogP contribution in [0.5, 0.6) is 0 Å². The lowest BCUT2D eigenvalue weighted by Crippen LogP contribution is -2.44. The molecule has 1 aromatic carbocycles. The first-order chi connectivity index (χ1) is 9.75. The van der Waals surface area contributed by atoms with Crippen LogP contribution in [0.25, 0.3) is 10.8 Å². The van der Waals surface area contributed by atoms with Crippen molar-refractivity contribution in [3.05, 3.63) is 34.9 Å². The zero-order valence-corrected chi connectivity index (χ0v) is 13.1. The summed E-state index contributed by atoms with van der Waals surface area (Å²) >= 11 is 3.60. The first-order valence-corrected chi connectivity index (χ1v) is 7.61. The summed E-state index contributed by atoms with van der Waals surface area (Å²) < 4.78 is 6.86. The zero-order chi connectivity index (χ0) is 13.9. The van der Waals surface area contributed by atoms with Crippen LogP contribution in [0.3, 0.4) is 0 Å². The highest BCUT2D eigenvalue weighted by molar-refractivity contribution is 9.10. The van der Waals surface area contributed by atoms with Gasteiger partial charge in [-0.1, -0.05) is 28.1 Å². The highest BCUT2D eigenvalue weighted by Crippen LogP contribution is 2.29. The maximum absolute atomic E-state index is 5.76. The summed E-state index contributed by atoms with van der Waals surface area (Å²) in [6, 6.07) is 8.25. The van der Waals surface area contributed by atoms with E-state index in [1.807, 2.05) is 18.3 Å². The second-order valence-corrected chi connectivity index (χ2v) is 5.90. The molecule has 1 aromatic heterocycles. The van der Waals surface area contributed by atoms with Gasteiger partial charge >= 0.3 is 0 Å². The van der Waals surface area contributed by atoms with E-state index in [1.54, 1.807) is 0 Å². The van der Waals surface area contributed by atoms with E-state index in [1.165, 1.54) is 5.39 Å². The molecule has 1 fully saturated rings. The number of nitrogens with zero attached hydrogens (tertiary/aromatic N) is 2. The van der Waals surface area contributed by atoms with Gasteiger partial charge in [-0.25, -0.2) is 4.98 Å². The molecule has 20 heavy (non-hydrogen) atoms. The van der Waals surface area contributed by atoms with Crippen molar-refractivity contribution >= 4 is 32.5 Å². The van der Waals surface area contributed by atoms with Crippen molar-refractivity contribution in [2.75, 3.05) is 38.2 Å². The Morgan fingerprint density at radius 2 is 2.30 bits per heavy atom. The number of aromatic nitrogens is 1. The van der Waals surface area contributed by atoms with Crippen LogP contribution < -0.4 is 10.2 Å². The normalized spacial score (nSPS) is 19.2. The van der Waals surface area contributed by atoms with Crippen molar-refractivity contribution < 1.29 is 4.74 Å². The van der Waals surface area contributed by atoms with E-state index < -0.39 is 0 Å². The second-order valence-electron chi connectivity index (χ2n) is 5.05. The van der Waals surface area contributed by atoms with Crippen molar-refractivity contribution in [2.45, 2.75) is 6.10 Å². The largest absolute Gasteiger partial charge is 0.374 e. The molecule has 5 heteroatoms. The number of nitrogens with one attached hydrogen (secondary N) is 1. The van der Waals surface area contributed by atoms with Gasteiger partial charge in [0.2, 0.25) is 0 Å². The average Bonchev–Trinajstić information content (AvgIpc) is 2.48. The second kappa shape index (κ2) is 6.08. The SMILES string of the molecule is CN(CC1CNCCO1)c1nccc2c(Br)cccc12. The number of halogens is 1. The number of rotatable bonds is 3. The van der Waals surface area contributed by atoms with Gasteiger partial charge in [0.1, 0.15) is 5.82 Å². The zero-order valence-electron chi connectivity index (χ0n) is 11.5. The summed E-state index contributed by atoms with van der Waals surface area (Å²) in [5.74, 6) is 0.998. The molecule has 1 saturated heterocycles. The average molecular weight is 336 g/mol. The number of likely N-dealkylation sites (N-methyl/N-ethyl adjacent to an activating group) is 1. The van der Waals surface area contributed by atoms with Crippen molar-refractivity contribution in [1.82, 2.24) is 10.3 Å². The quantitative estimate of drug-likeness (QED) is 0.934. The Hall–Kier alpha value is -1.17. The Kier molecular flexibility index (Phi) is 4.19. The number of hydrogen-bond donors (Lipinski definition) is 1. The van der Waals surface area contributed by atoms with Crippen LogP contribution in [0.2, 0.25) is 0 Å². The fourth-order valence-electron chi connectivity index (χ4n) is 2.59. The van der Waals surface area contributed by atoms with Gasteiger partial charge in [-0.15, -0.1) is 0 Å². The predicted molar refractivity (Wildman–Crippen MR) is 85.3 cm³/mol. The number of morpholine rings is 1. The molecule has 1 atom stereocenters. The molecule has 0 amide bonds. The molecular formula is C15H18BrN3O. The Bertz CT molecular complexity index is 599. The lowest BCUT2D eigenvalue weighted by atomic mass is 10.1. The monoisotopic (exact) mass is 335 g/mol. The molecule has 0 aliphatic carbocycles. The lowest BCUT2D eigenvalue weighted by molar-refractivity contribution is 0.0339. The third-order valence-electron chi connectivity index (χ3n) is 3.58. The fraction of sp³-hybridized carbons (Fsp3) is 0.400. The van der Waals surface area contributed by atoms with Gasteiger partial charge in [-0.05, 0) is 12.1 Å². The molecule has 0 spiro atoms. The Labute approximate surface area is 127 Å². The summed E-state index contributed by atoms with van der Waals surface area (Å²) in [6.07, 6.45) is 2.08. The molecule has 1 aliphatic heterocycles. The third kappa shape index (κ3) is 2.80. The van der Waals surface area contributed by atoms with Crippen LogP contribution in [0.15, 0.2) is 34.9 Å². The van der Waals surface area contributed by atoms with Crippen LogP contribution in [0, 0.1) is 0 Å². The summed E-state index contributed by atoms with van der Waals surface area (Å²) in [5, 5.41) is 5.71. The number of ether oxygens (including phenoxy) is 1. The Balaban J connectivity index is 1.87. The first kappa shape index (κ1) is 13.8.